The van der Waals surface area contributed by atoms with Crippen molar-refractivity contribution in [2.24, 2.45) is 0 Å². The normalized spacial score (nSPS) is 18.3. The summed E-state index contributed by atoms with van der Waals surface area (Å²) in [6, 6.07) is 13.6. The second-order valence-corrected chi connectivity index (χ2v) is 5.68. The van der Waals surface area contributed by atoms with E-state index in [0.29, 0.717) is 0 Å². The van der Waals surface area contributed by atoms with E-state index in [0.717, 1.165) is 22.6 Å². The largest absolute Gasteiger partial charge is 0.416 e. The lowest BCUT2D eigenvalue weighted by molar-refractivity contribution is -0.140. The zero-order chi connectivity index (χ0) is 17.3. The Labute approximate surface area is 136 Å². The first-order valence-corrected chi connectivity index (χ1v) is 7.41. The van der Waals surface area contributed by atoms with Crippen molar-refractivity contribution in [1.82, 2.24) is 4.90 Å². The van der Waals surface area contributed by atoms with E-state index >= 15 is 0 Å². The molecule has 0 saturated carbocycles. The van der Waals surface area contributed by atoms with Crippen LogP contribution in [-0.4, -0.2) is 16.7 Å². The molecule has 24 heavy (non-hydrogen) atoms. The van der Waals surface area contributed by atoms with Gasteiger partial charge in [0, 0.05) is 6.42 Å². The van der Waals surface area contributed by atoms with Gasteiger partial charge < -0.3 is 0 Å². The van der Waals surface area contributed by atoms with E-state index in [9.17, 15) is 22.8 Å². The molecule has 0 aromatic heterocycles. The summed E-state index contributed by atoms with van der Waals surface area (Å²) >= 11 is 0. The summed E-state index contributed by atoms with van der Waals surface area (Å²) in [7, 11) is 0. The molecule has 0 radical (unpaired) electrons. The number of amides is 2. The van der Waals surface area contributed by atoms with Gasteiger partial charge in [0.1, 0.15) is 0 Å². The molecule has 1 saturated heterocycles. The molecule has 1 aliphatic heterocycles. The van der Waals surface area contributed by atoms with Crippen LogP contribution in [-0.2, 0) is 22.3 Å². The van der Waals surface area contributed by atoms with Crippen molar-refractivity contribution < 1.29 is 22.8 Å². The first-order chi connectivity index (χ1) is 11.4. The predicted molar refractivity (Wildman–Crippen MR) is 80.8 cm³/mol. The number of hydrogen-bond acceptors (Lipinski definition) is 2. The molecule has 2 aromatic carbocycles. The van der Waals surface area contributed by atoms with Crippen LogP contribution in [0.3, 0.4) is 0 Å². The van der Waals surface area contributed by atoms with Gasteiger partial charge in [-0.05, 0) is 17.2 Å². The third-order valence-corrected chi connectivity index (χ3v) is 4.04. The van der Waals surface area contributed by atoms with Crippen LogP contribution in [0.2, 0.25) is 0 Å². The van der Waals surface area contributed by atoms with Gasteiger partial charge in [-0.2, -0.15) is 13.2 Å². The summed E-state index contributed by atoms with van der Waals surface area (Å²) in [6.45, 7) is 0.133. The van der Waals surface area contributed by atoms with E-state index in [1.807, 2.05) is 6.07 Å². The van der Waals surface area contributed by atoms with E-state index in [2.05, 4.69) is 0 Å². The van der Waals surface area contributed by atoms with Gasteiger partial charge >= 0.3 is 6.18 Å². The predicted octanol–water partition coefficient (Wildman–Crippen LogP) is 3.75. The van der Waals surface area contributed by atoms with E-state index in [-0.39, 0.29) is 24.4 Å². The maximum Gasteiger partial charge on any atom is 0.416 e. The second-order valence-electron chi connectivity index (χ2n) is 5.68. The van der Waals surface area contributed by atoms with Gasteiger partial charge in [0.25, 0.3) is 0 Å². The Morgan fingerprint density at radius 2 is 1.71 bits per heavy atom. The molecule has 0 unspecified atom stereocenters. The molecule has 0 bridgehead atoms. The molecule has 1 aliphatic rings. The second kappa shape index (κ2) is 6.11. The maximum atomic E-state index is 12.8. The van der Waals surface area contributed by atoms with Crippen LogP contribution in [0.1, 0.15) is 29.0 Å². The van der Waals surface area contributed by atoms with Crippen LogP contribution in [0.15, 0.2) is 54.6 Å². The molecule has 2 aromatic rings. The monoisotopic (exact) mass is 333 g/mol. The summed E-state index contributed by atoms with van der Waals surface area (Å²) in [5.41, 5.74) is 0.199. The summed E-state index contributed by atoms with van der Waals surface area (Å²) in [6.07, 6.45) is -4.58. The first-order valence-electron chi connectivity index (χ1n) is 7.41. The Balaban J connectivity index is 1.84. The third-order valence-electron chi connectivity index (χ3n) is 4.04. The standard InChI is InChI=1S/C18H14F3NO2/c19-18(20,21)14-8-4-7-13(9-14)15-10-16(23)22(17(15)24)11-12-5-2-1-3-6-12/h1-9,15H,10-11H2/t15-/m1/s1. The lowest BCUT2D eigenvalue weighted by atomic mass is 9.96. The van der Waals surface area contributed by atoms with Crippen LogP contribution in [0, 0.1) is 0 Å². The van der Waals surface area contributed by atoms with Gasteiger partial charge in [0.05, 0.1) is 18.0 Å². The van der Waals surface area contributed by atoms with Crippen molar-refractivity contribution in [3.63, 3.8) is 0 Å². The number of rotatable bonds is 3. The smallest absolute Gasteiger partial charge is 0.278 e. The summed E-state index contributed by atoms with van der Waals surface area (Å²) < 4.78 is 38.5. The van der Waals surface area contributed by atoms with Gasteiger partial charge in [-0.1, -0.05) is 48.5 Å². The van der Waals surface area contributed by atoms with Gasteiger partial charge in [-0.25, -0.2) is 0 Å². The lowest BCUT2D eigenvalue weighted by Gasteiger charge is -2.16. The van der Waals surface area contributed by atoms with Crippen molar-refractivity contribution in [3.8, 4) is 0 Å². The van der Waals surface area contributed by atoms with Gasteiger partial charge in [0.2, 0.25) is 11.8 Å². The highest BCUT2D eigenvalue weighted by molar-refractivity contribution is 6.06. The van der Waals surface area contributed by atoms with Crippen molar-refractivity contribution in [3.05, 3.63) is 71.3 Å². The van der Waals surface area contributed by atoms with Crippen LogP contribution >= 0.6 is 0 Å². The fourth-order valence-electron chi connectivity index (χ4n) is 2.81. The van der Waals surface area contributed by atoms with E-state index in [4.69, 9.17) is 0 Å². The Morgan fingerprint density at radius 3 is 2.38 bits per heavy atom. The number of imide groups is 1. The molecular formula is C18H14F3NO2. The first kappa shape index (κ1) is 16.2. The number of likely N-dealkylation sites (tertiary alicyclic amines) is 1. The fourth-order valence-corrected chi connectivity index (χ4v) is 2.81. The number of benzene rings is 2. The molecule has 0 aliphatic carbocycles. The van der Waals surface area contributed by atoms with Crippen molar-refractivity contribution >= 4 is 11.8 Å². The molecule has 2 amide bonds. The topological polar surface area (TPSA) is 37.4 Å². The van der Waals surface area contributed by atoms with E-state index in [1.165, 1.54) is 12.1 Å². The fraction of sp³-hybridized carbons (Fsp3) is 0.222. The minimum Gasteiger partial charge on any atom is -0.278 e. The number of hydrogen-bond donors (Lipinski definition) is 0. The Morgan fingerprint density at radius 1 is 1.00 bits per heavy atom. The van der Waals surface area contributed by atoms with Crippen LogP contribution in [0.4, 0.5) is 13.2 Å². The van der Waals surface area contributed by atoms with Gasteiger partial charge in [0.15, 0.2) is 0 Å². The maximum absolute atomic E-state index is 12.8. The van der Waals surface area contributed by atoms with Crippen LogP contribution in [0.5, 0.6) is 0 Å². The molecule has 0 N–H and O–H groups in total. The number of carbonyl (C=O) groups is 2. The van der Waals surface area contributed by atoms with Crippen LogP contribution < -0.4 is 0 Å². The highest BCUT2D eigenvalue weighted by atomic mass is 19.4. The van der Waals surface area contributed by atoms with Crippen LogP contribution in [0.25, 0.3) is 0 Å². The summed E-state index contributed by atoms with van der Waals surface area (Å²) in [5.74, 6) is -1.68. The molecule has 1 fully saturated rings. The Hall–Kier alpha value is -2.63. The van der Waals surface area contributed by atoms with Gasteiger partial charge in [-0.15, -0.1) is 0 Å². The molecule has 3 rings (SSSR count). The van der Waals surface area contributed by atoms with E-state index < -0.39 is 23.6 Å². The lowest BCUT2D eigenvalue weighted by Crippen LogP contribution is -2.29. The molecule has 1 heterocycles. The molecule has 6 heteroatoms. The quantitative estimate of drug-likeness (QED) is 0.802. The minimum atomic E-state index is -4.48. The molecule has 124 valence electrons. The number of halogens is 3. The molecular weight excluding hydrogens is 319 g/mol. The van der Waals surface area contributed by atoms with E-state index in [1.54, 1.807) is 24.3 Å². The molecule has 1 atom stereocenters. The molecule has 0 spiro atoms. The Bertz CT molecular complexity index is 771. The number of alkyl halides is 3. The molecule has 3 nitrogen and oxygen atoms in total. The van der Waals surface area contributed by atoms with Crippen molar-refractivity contribution in [2.75, 3.05) is 0 Å². The average Bonchev–Trinajstić information content (AvgIpc) is 2.83. The highest BCUT2D eigenvalue weighted by Crippen LogP contribution is 2.35. The number of carbonyl (C=O) groups excluding carboxylic acids is 2. The van der Waals surface area contributed by atoms with Gasteiger partial charge in [-0.3, -0.25) is 14.5 Å². The third kappa shape index (κ3) is 3.18. The number of nitrogens with zero attached hydrogens (tertiary/aromatic N) is 1. The summed E-state index contributed by atoms with van der Waals surface area (Å²) in [4.78, 5) is 25.8. The SMILES string of the molecule is O=C1C[C@H](c2cccc(C(F)(F)F)c2)C(=O)N1Cc1ccccc1. The zero-order valence-corrected chi connectivity index (χ0v) is 12.6. The van der Waals surface area contributed by atoms with Crippen molar-refractivity contribution in [1.29, 1.82) is 0 Å². The summed E-state index contributed by atoms with van der Waals surface area (Å²) in [5, 5.41) is 0. The highest BCUT2D eigenvalue weighted by Gasteiger charge is 2.40. The Kier molecular flexibility index (Phi) is 4.13. The minimum absolute atomic E-state index is 0.104. The van der Waals surface area contributed by atoms with Crippen molar-refractivity contribution in [2.45, 2.75) is 25.1 Å². The average molecular weight is 333 g/mol. The zero-order valence-electron chi connectivity index (χ0n) is 12.6.